The molecule has 4 saturated carbocycles. The quantitative estimate of drug-likeness (QED) is 0.496. The lowest BCUT2D eigenvalue weighted by molar-refractivity contribution is -0.458. The summed E-state index contributed by atoms with van der Waals surface area (Å²) in [6.45, 7) is 6.06. The maximum Gasteiger partial charge on any atom is 0.208 e. The van der Waals surface area contributed by atoms with E-state index in [0.29, 0.717) is 19.3 Å². The molecule has 2 aliphatic heterocycles. The number of fused-ring (bicyclic) bond motifs is 2. The van der Waals surface area contributed by atoms with Crippen LogP contribution >= 0.6 is 0 Å². The van der Waals surface area contributed by atoms with Crippen LogP contribution < -0.4 is 0 Å². The highest BCUT2D eigenvalue weighted by atomic mass is 16.6. The Morgan fingerprint density at radius 3 is 2.46 bits per heavy atom. The average molecular weight is 366 g/mol. The Bertz CT molecular complexity index is 677. The molecule has 4 N–H and O–H groups in total. The van der Waals surface area contributed by atoms with Crippen LogP contribution in [-0.2, 0) is 9.53 Å². The predicted molar refractivity (Wildman–Crippen MR) is 90.7 cm³/mol. The number of aliphatic hydroxyl groups is 4. The maximum atomic E-state index is 13.4. The topological polar surface area (TPSA) is 107 Å². The molecule has 2 saturated heterocycles. The molecule has 146 valence electrons. The molecule has 0 radical (unpaired) electrons. The molecule has 4 aliphatic carbocycles. The van der Waals surface area contributed by atoms with Gasteiger partial charge in [-0.25, -0.2) is 0 Å². The maximum absolute atomic E-state index is 13.4. The van der Waals surface area contributed by atoms with E-state index in [-0.39, 0.29) is 41.5 Å². The van der Waals surface area contributed by atoms with Gasteiger partial charge in [-0.05, 0) is 42.9 Å². The van der Waals surface area contributed by atoms with E-state index in [1.54, 1.807) is 0 Å². The Balaban J connectivity index is 1.80. The number of Topliss-reactive ketones (excluding diaryl/α,β-unsaturated/α-hetero) is 1. The number of ether oxygens (including phenoxy) is 1. The fourth-order valence-corrected chi connectivity index (χ4v) is 8.27. The molecule has 0 unspecified atom stereocenters. The van der Waals surface area contributed by atoms with Gasteiger partial charge < -0.3 is 25.2 Å². The SMILES string of the molecule is C[C@H]1C(=O)[C@]23[C@H](O)[C@H]1CC[C@H]2[C@@]12CO[C@@]3(O)[C@@H](O)[C@@H]1C(C)(C)CC[C@@H]2O. The van der Waals surface area contributed by atoms with Crippen LogP contribution in [0.25, 0.3) is 0 Å². The second kappa shape index (κ2) is 4.71. The molecule has 0 aromatic heterocycles. The van der Waals surface area contributed by atoms with Crippen LogP contribution in [0.15, 0.2) is 0 Å². The second-order valence-electron chi connectivity index (χ2n) is 10.3. The monoisotopic (exact) mass is 366 g/mol. The smallest absolute Gasteiger partial charge is 0.208 e. The van der Waals surface area contributed by atoms with E-state index in [0.717, 1.165) is 6.42 Å². The van der Waals surface area contributed by atoms with Gasteiger partial charge >= 0.3 is 0 Å². The van der Waals surface area contributed by atoms with Gasteiger partial charge in [-0.3, -0.25) is 4.79 Å². The molecule has 0 aromatic rings. The first-order valence-electron chi connectivity index (χ1n) is 10.0. The van der Waals surface area contributed by atoms with E-state index in [1.807, 2.05) is 6.92 Å². The van der Waals surface area contributed by atoms with Gasteiger partial charge in [-0.1, -0.05) is 20.8 Å². The van der Waals surface area contributed by atoms with Crippen molar-refractivity contribution < 1.29 is 30.0 Å². The summed E-state index contributed by atoms with van der Waals surface area (Å²) in [7, 11) is 0. The minimum Gasteiger partial charge on any atom is -0.392 e. The van der Waals surface area contributed by atoms with E-state index >= 15 is 0 Å². The van der Waals surface area contributed by atoms with Crippen molar-refractivity contribution in [2.45, 2.75) is 70.6 Å². The molecule has 0 aromatic carbocycles. The Labute approximate surface area is 153 Å². The largest absolute Gasteiger partial charge is 0.392 e. The molecule has 2 heterocycles. The Hall–Kier alpha value is -0.530. The van der Waals surface area contributed by atoms with Crippen LogP contribution in [0, 0.1) is 39.9 Å². The van der Waals surface area contributed by atoms with Crippen LogP contribution in [0.1, 0.15) is 46.5 Å². The molecule has 6 rings (SSSR count). The van der Waals surface area contributed by atoms with E-state index in [2.05, 4.69) is 13.8 Å². The summed E-state index contributed by atoms with van der Waals surface area (Å²) in [6.07, 6.45) is -0.376. The fraction of sp³-hybridized carbons (Fsp3) is 0.950. The zero-order valence-electron chi connectivity index (χ0n) is 15.7. The highest BCUT2D eigenvalue weighted by molar-refractivity contribution is 5.93. The lowest BCUT2D eigenvalue weighted by atomic mass is 9.35. The van der Waals surface area contributed by atoms with Crippen molar-refractivity contribution in [3.63, 3.8) is 0 Å². The third-order valence-electron chi connectivity index (χ3n) is 9.28. The summed E-state index contributed by atoms with van der Waals surface area (Å²) >= 11 is 0. The Morgan fingerprint density at radius 2 is 1.77 bits per heavy atom. The molecule has 6 fully saturated rings. The van der Waals surface area contributed by atoms with Gasteiger partial charge in [0.1, 0.15) is 11.5 Å². The highest BCUT2D eigenvalue weighted by Crippen LogP contribution is 2.76. The Kier molecular flexibility index (Phi) is 3.18. The van der Waals surface area contributed by atoms with Gasteiger partial charge in [0, 0.05) is 17.3 Å². The summed E-state index contributed by atoms with van der Waals surface area (Å²) in [5.41, 5.74) is -2.64. The lowest BCUT2D eigenvalue weighted by Crippen LogP contribution is -2.85. The van der Waals surface area contributed by atoms with Crippen molar-refractivity contribution in [2.75, 3.05) is 6.61 Å². The van der Waals surface area contributed by atoms with Crippen molar-refractivity contribution in [1.29, 1.82) is 0 Å². The van der Waals surface area contributed by atoms with E-state index in [1.165, 1.54) is 0 Å². The molecular weight excluding hydrogens is 336 g/mol. The normalized spacial score (nSPS) is 62.7. The van der Waals surface area contributed by atoms with Crippen LogP contribution in [0.5, 0.6) is 0 Å². The van der Waals surface area contributed by atoms with Gasteiger partial charge in [0.05, 0.1) is 18.8 Å². The molecule has 6 aliphatic rings. The van der Waals surface area contributed by atoms with Crippen molar-refractivity contribution in [3.8, 4) is 0 Å². The molecule has 26 heavy (non-hydrogen) atoms. The number of carbonyl (C=O) groups excluding carboxylic acids is 1. The first-order valence-corrected chi connectivity index (χ1v) is 10.0. The van der Waals surface area contributed by atoms with E-state index < -0.39 is 34.9 Å². The summed E-state index contributed by atoms with van der Waals surface area (Å²) in [4.78, 5) is 13.4. The third-order valence-corrected chi connectivity index (χ3v) is 9.28. The molecule has 10 atom stereocenters. The van der Waals surface area contributed by atoms with Gasteiger partial charge in [0.25, 0.3) is 0 Å². The third kappa shape index (κ3) is 1.45. The van der Waals surface area contributed by atoms with Crippen LogP contribution in [-0.4, -0.2) is 56.9 Å². The first-order chi connectivity index (χ1) is 12.1. The first kappa shape index (κ1) is 17.6. The molecule has 2 spiro atoms. The van der Waals surface area contributed by atoms with Gasteiger partial charge in [0.15, 0.2) is 5.78 Å². The molecule has 0 amide bonds. The summed E-state index contributed by atoms with van der Waals surface area (Å²) < 4.78 is 5.84. The van der Waals surface area contributed by atoms with Crippen molar-refractivity contribution in [1.82, 2.24) is 0 Å². The second-order valence-corrected chi connectivity index (χ2v) is 10.3. The predicted octanol–water partition coefficient (Wildman–Crippen LogP) is 0.455. The van der Waals surface area contributed by atoms with Crippen LogP contribution in [0.2, 0.25) is 0 Å². The number of ketones is 1. The van der Waals surface area contributed by atoms with Crippen LogP contribution in [0.3, 0.4) is 0 Å². The number of rotatable bonds is 0. The minimum atomic E-state index is -2.08. The molecule has 6 nitrogen and oxygen atoms in total. The van der Waals surface area contributed by atoms with Crippen molar-refractivity contribution in [2.24, 2.45) is 39.9 Å². The highest BCUT2D eigenvalue weighted by Gasteiger charge is 2.87. The van der Waals surface area contributed by atoms with Gasteiger partial charge in [-0.15, -0.1) is 0 Å². The van der Waals surface area contributed by atoms with E-state index in [4.69, 9.17) is 4.74 Å². The summed E-state index contributed by atoms with van der Waals surface area (Å²) in [5, 5.41) is 45.3. The number of hydrogen-bond donors (Lipinski definition) is 4. The zero-order valence-corrected chi connectivity index (χ0v) is 15.7. The minimum absolute atomic E-state index is 0.126. The van der Waals surface area contributed by atoms with Gasteiger partial charge in [0.2, 0.25) is 5.79 Å². The van der Waals surface area contributed by atoms with Crippen LogP contribution in [0.4, 0.5) is 0 Å². The molecular formula is C20H30O6. The van der Waals surface area contributed by atoms with Crippen molar-refractivity contribution >= 4 is 5.78 Å². The molecule has 6 heteroatoms. The Morgan fingerprint density at radius 1 is 1.08 bits per heavy atom. The summed E-state index contributed by atoms with van der Waals surface area (Å²) in [6, 6.07) is 0. The van der Waals surface area contributed by atoms with E-state index in [9.17, 15) is 25.2 Å². The van der Waals surface area contributed by atoms with Gasteiger partial charge in [-0.2, -0.15) is 0 Å². The average Bonchev–Trinajstić information content (AvgIpc) is 2.69. The number of carbonyl (C=O) groups is 1. The van der Waals surface area contributed by atoms with Crippen molar-refractivity contribution in [3.05, 3.63) is 0 Å². The standard InChI is InChI=1S/C20H30O6/c1-9-10-4-5-11-18-8-26-20(25,19(11,14(9)22)15(10)23)16(24)13(18)17(2,3)7-6-12(18)21/h9-13,15-16,21,23-25H,4-8H2,1-3H3/t9-,10+,11+,12+,13-,15-,16+,18-,19+,20+/m1/s1. The summed E-state index contributed by atoms with van der Waals surface area (Å²) in [5.74, 6) is -3.63. The number of aliphatic hydroxyl groups excluding tert-OH is 3. The zero-order chi connectivity index (χ0) is 18.9. The molecule has 4 bridgehead atoms. The fourth-order valence-electron chi connectivity index (χ4n) is 8.27. The lowest BCUT2D eigenvalue weighted by Gasteiger charge is -2.74. The number of hydrogen-bond acceptors (Lipinski definition) is 6.